The van der Waals surface area contributed by atoms with E-state index in [1.54, 1.807) is 24.3 Å². The maximum absolute atomic E-state index is 12.3. The number of anilines is 1. The van der Waals surface area contributed by atoms with Crippen molar-refractivity contribution in [2.24, 2.45) is 5.73 Å². The predicted molar refractivity (Wildman–Crippen MR) is 77.1 cm³/mol. The van der Waals surface area contributed by atoms with Crippen molar-refractivity contribution in [3.05, 3.63) is 30.3 Å². The van der Waals surface area contributed by atoms with Gasteiger partial charge in [-0.1, -0.05) is 18.2 Å². The number of nitrogens with zero attached hydrogens (tertiary/aromatic N) is 1. The highest BCUT2D eigenvalue weighted by Crippen LogP contribution is 2.15. The highest BCUT2D eigenvalue weighted by Gasteiger charge is 2.21. The van der Waals surface area contributed by atoms with Gasteiger partial charge in [0.1, 0.15) is 0 Å². The quantitative estimate of drug-likeness (QED) is 0.733. The minimum absolute atomic E-state index is 0.000983. The van der Waals surface area contributed by atoms with Gasteiger partial charge in [0, 0.05) is 25.1 Å². The van der Waals surface area contributed by atoms with Gasteiger partial charge in [-0.25, -0.2) is 0 Å². The first-order valence-electron chi connectivity index (χ1n) is 6.33. The first kappa shape index (κ1) is 15.7. The van der Waals surface area contributed by atoms with Crippen LogP contribution in [0.5, 0.6) is 0 Å². The molecule has 5 nitrogen and oxygen atoms in total. The smallest absolute Gasteiger partial charge is 0.303 e. The van der Waals surface area contributed by atoms with Gasteiger partial charge >= 0.3 is 5.97 Å². The fourth-order valence-electron chi connectivity index (χ4n) is 1.78. The summed E-state index contributed by atoms with van der Waals surface area (Å²) >= 11 is 0. The lowest BCUT2D eigenvalue weighted by Crippen LogP contribution is -2.44. The number of rotatable bonds is 7. The van der Waals surface area contributed by atoms with Crippen molar-refractivity contribution in [3.63, 3.8) is 0 Å². The van der Waals surface area contributed by atoms with Gasteiger partial charge in [0.15, 0.2) is 0 Å². The van der Waals surface area contributed by atoms with Crippen LogP contribution in [-0.2, 0) is 9.59 Å². The SMILES string of the molecule is C#CCC(N)C(=O)N(CCCC(=O)O)c1ccccc1. The van der Waals surface area contributed by atoms with E-state index in [0.29, 0.717) is 18.7 Å². The topological polar surface area (TPSA) is 83.6 Å². The monoisotopic (exact) mass is 274 g/mol. The molecule has 1 aromatic rings. The summed E-state index contributed by atoms with van der Waals surface area (Å²) in [4.78, 5) is 24.3. The van der Waals surface area contributed by atoms with Gasteiger partial charge in [0.25, 0.3) is 0 Å². The molecular weight excluding hydrogens is 256 g/mol. The standard InChI is InChI=1S/C15H18N2O3/c1-2-7-13(16)15(20)17(11-6-10-14(18)19)12-8-4-3-5-9-12/h1,3-5,8-9,13H,6-7,10-11,16H2,(H,18,19). The summed E-state index contributed by atoms with van der Waals surface area (Å²) < 4.78 is 0. The molecule has 0 fully saturated rings. The fraction of sp³-hybridized carbons (Fsp3) is 0.333. The zero-order chi connectivity index (χ0) is 15.0. The number of hydrogen-bond acceptors (Lipinski definition) is 3. The Bertz CT molecular complexity index is 494. The third kappa shape index (κ3) is 4.75. The number of amides is 1. The molecule has 0 saturated carbocycles. The van der Waals surface area contributed by atoms with Crippen molar-refractivity contribution >= 4 is 17.6 Å². The highest BCUT2D eigenvalue weighted by molar-refractivity contribution is 5.97. The lowest BCUT2D eigenvalue weighted by Gasteiger charge is -2.25. The Morgan fingerprint density at radius 1 is 1.35 bits per heavy atom. The first-order valence-corrected chi connectivity index (χ1v) is 6.33. The molecule has 1 unspecified atom stereocenters. The second kappa shape index (κ2) is 7.97. The molecule has 0 spiro atoms. The number of carbonyl (C=O) groups is 2. The second-order valence-corrected chi connectivity index (χ2v) is 4.34. The number of para-hydroxylation sites is 1. The van der Waals surface area contributed by atoms with Crippen molar-refractivity contribution in [1.29, 1.82) is 0 Å². The number of carbonyl (C=O) groups excluding carboxylic acids is 1. The van der Waals surface area contributed by atoms with Crippen LogP contribution in [0.2, 0.25) is 0 Å². The molecule has 1 amide bonds. The summed E-state index contributed by atoms with van der Waals surface area (Å²) in [6.07, 6.45) is 5.68. The van der Waals surface area contributed by atoms with E-state index in [0.717, 1.165) is 0 Å². The van der Waals surface area contributed by atoms with Crippen LogP contribution in [0, 0.1) is 12.3 Å². The van der Waals surface area contributed by atoms with Gasteiger partial charge in [0.05, 0.1) is 6.04 Å². The van der Waals surface area contributed by atoms with Crippen molar-refractivity contribution in [1.82, 2.24) is 0 Å². The van der Waals surface area contributed by atoms with Gasteiger partial charge in [-0.2, -0.15) is 0 Å². The third-order valence-electron chi connectivity index (χ3n) is 2.76. The van der Waals surface area contributed by atoms with Crippen LogP contribution < -0.4 is 10.6 Å². The molecule has 1 aromatic carbocycles. The lowest BCUT2D eigenvalue weighted by atomic mass is 10.1. The molecular formula is C15H18N2O3. The van der Waals surface area contributed by atoms with Gasteiger partial charge in [-0.3, -0.25) is 9.59 Å². The number of nitrogens with two attached hydrogens (primary N) is 1. The number of carboxylic acids is 1. The molecule has 20 heavy (non-hydrogen) atoms. The van der Waals surface area contributed by atoms with E-state index in [-0.39, 0.29) is 18.7 Å². The Balaban J connectivity index is 2.82. The van der Waals surface area contributed by atoms with Crippen molar-refractivity contribution in [2.75, 3.05) is 11.4 Å². The van der Waals surface area contributed by atoms with Gasteiger partial charge in [0.2, 0.25) is 5.91 Å². The number of benzene rings is 1. The summed E-state index contributed by atoms with van der Waals surface area (Å²) in [5.74, 6) is 1.18. The van der Waals surface area contributed by atoms with E-state index in [4.69, 9.17) is 17.3 Å². The minimum atomic E-state index is -0.890. The first-order chi connectivity index (χ1) is 9.56. The summed E-state index contributed by atoms with van der Waals surface area (Å²) in [6.45, 7) is 0.299. The van der Waals surface area contributed by atoms with Crippen LogP contribution in [0.3, 0.4) is 0 Å². The van der Waals surface area contributed by atoms with E-state index >= 15 is 0 Å². The molecule has 0 heterocycles. The molecule has 0 radical (unpaired) electrons. The molecule has 3 N–H and O–H groups in total. The molecule has 0 aliphatic carbocycles. The summed E-state index contributed by atoms with van der Waals surface area (Å²) in [5, 5.41) is 8.67. The Morgan fingerprint density at radius 3 is 2.55 bits per heavy atom. The maximum atomic E-state index is 12.3. The van der Waals surface area contributed by atoms with Crippen molar-refractivity contribution in [2.45, 2.75) is 25.3 Å². The number of aliphatic carboxylic acids is 1. The van der Waals surface area contributed by atoms with E-state index in [1.165, 1.54) is 4.90 Å². The molecule has 1 rings (SSSR count). The van der Waals surface area contributed by atoms with Crippen LogP contribution in [0.15, 0.2) is 30.3 Å². The van der Waals surface area contributed by atoms with Gasteiger partial charge in [-0.05, 0) is 18.6 Å². The van der Waals surface area contributed by atoms with E-state index < -0.39 is 12.0 Å². The molecule has 1 atom stereocenters. The Kier molecular flexibility index (Phi) is 6.27. The fourth-order valence-corrected chi connectivity index (χ4v) is 1.78. The van der Waals surface area contributed by atoms with Crippen molar-refractivity contribution in [3.8, 4) is 12.3 Å². The molecule has 106 valence electrons. The van der Waals surface area contributed by atoms with Gasteiger partial charge < -0.3 is 15.7 Å². The third-order valence-corrected chi connectivity index (χ3v) is 2.76. The van der Waals surface area contributed by atoms with Crippen LogP contribution in [0.4, 0.5) is 5.69 Å². The summed E-state index contributed by atoms with van der Waals surface area (Å²) in [5.41, 5.74) is 6.44. The average molecular weight is 274 g/mol. The van der Waals surface area contributed by atoms with Crippen LogP contribution >= 0.6 is 0 Å². The Labute approximate surface area is 118 Å². The summed E-state index contributed by atoms with van der Waals surface area (Å²) in [7, 11) is 0. The molecule has 0 saturated heterocycles. The van der Waals surface area contributed by atoms with E-state index in [1.807, 2.05) is 6.07 Å². The van der Waals surface area contributed by atoms with Crippen LogP contribution in [0.1, 0.15) is 19.3 Å². The zero-order valence-electron chi connectivity index (χ0n) is 11.2. The maximum Gasteiger partial charge on any atom is 0.303 e. The number of terminal acetylenes is 1. The minimum Gasteiger partial charge on any atom is -0.481 e. The van der Waals surface area contributed by atoms with E-state index in [2.05, 4.69) is 5.92 Å². The molecule has 0 aliphatic rings. The van der Waals surface area contributed by atoms with Crippen LogP contribution in [0.25, 0.3) is 0 Å². The second-order valence-electron chi connectivity index (χ2n) is 4.34. The molecule has 0 aliphatic heterocycles. The average Bonchev–Trinajstić information content (AvgIpc) is 2.44. The van der Waals surface area contributed by atoms with Crippen LogP contribution in [-0.4, -0.2) is 29.6 Å². The summed E-state index contributed by atoms with van der Waals surface area (Å²) in [6, 6.07) is 8.23. The van der Waals surface area contributed by atoms with Gasteiger partial charge in [-0.15, -0.1) is 12.3 Å². The number of carboxylic acid groups (broad SMARTS) is 1. The largest absolute Gasteiger partial charge is 0.481 e. The van der Waals surface area contributed by atoms with E-state index in [9.17, 15) is 9.59 Å². The Morgan fingerprint density at radius 2 is 2.00 bits per heavy atom. The highest BCUT2D eigenvalue weighted by atomic mass is 16.4. The lowest BCUT2D eigenvalue weighted by molar-refractivity contribution is -0.137. The Hall–Kier alpha value is -2.32. The zero-order valence-corrected chi connectivity index (χ0v) is 11.2. The normalized spacial score (nSPS) is 11.4. The molecule has 5 heteroatoms. The van der Waals surface area contributed by atoms with Crippen molar-refractivity contribution < 1.29 is 14.7 Å². The predicted octanol–water partition coefficient (Wildman–Crippen LogP) is 1.23. The molecule has 0 aromatic heterocycles. The number of hydrogen-bond donors (Lipinski definition) is 2. The molecule has 0 bridgehead atoms.